The van der Waals surface area contributed by atoms with Gasteiger partial charge in [0.25, 0.3) is 5.91 Å². The largest absolute Gasteiger partial charge is 0.353 e. The lowest BCUT2D eigenvalue weighted by molar-refractivity contribution is 0.102. The molecule has 0 saturated heterocycles. The predicted molar refractivity (Wildman–Crippen MR) is 112 cm³/mol. The number of carbonyl (C=O) groups is 1. The van der Waals surface area contributed by atoms with E-state index < -0.39 is 0 Å². The highest BCUT2D eigenvalue weighted by Crippen LogP contribution is 2.29. The second kappa shape index (κ2) is 6.29. The van der Waals surface area contributed by atoms with Crippen LogP contribution in [0.3, 0.4) is 0 Å². The number of hydrogen-bond donors (Lipinski definition) is 2. The Morgan fingerprint density at radius 1 is 1.11 bits per heavy atom. The van der Waals surface area contributed by atoms with Crippen molar-refractivity contribution in [3.05, 3.63) is 65.2 Å². The molecule has 5 rings (SSSR count). The van der Waals surface area contributed by atoms with Crippen LogP contribution < -0.4 is 5.32 Å². The number of H-pyrrole nitrogens is 1. The summed E-state index contributed by atoms with van der Waals surface area (Å²) in [5, 5.41) is 7.13. The van der Waals surface area contributed by atoms with Gasteiger partial charge in [-0.05, 0) is 36.8 Å². The predicted octanol–water partition coefficient (Wildman–Crippen LogP) is 5.46. The van der Waals surface area contributed by atoms with E-state index in [1.165, 1.54) is 28.2 Å². The third-order valence-corrected chi connectivity index (χ3v) is 6.07. The number of nitrogens with one attached hydrogen (secondary N) is 2. The summed E-state index contributed by atoms with van der Waals surface area (Å²) in [6.07, 6.45) is 0. The number of fused-ring (bicyclic) bond motifs is 2. The van der Waals surface area contributed by atoms with Crippen molar-refractivity contribution in [3.8, 4) is 10.7 Å². The molecule has 5 nitrogen and oxygen atoms in total. The van der Waals surface area contributed by atoms with Gasteiger partial charge >= 0.3 is 0 Å². The lowest BCUT2D eigenvalue weighted by Crippen LogP contribution is -2.11. The van der Waals surface area contributed by atoms with Crippen molar-refractivity contribution < 1.29 is 4.79 Å². The molecule has 0 saturated carbocycles. The first-order chi connectivity index (χ1) is 13.2. The summed E-state index contributed by atoms with van der Waals surface area (Å²) in [5.74, 6) is -0.246. The van der Waals surface area contributed by atoms with Gasteiger partial charge in [0.2, 0.25) is 0 Å². The molecule has 0 radical (unpaired) electrons. The number of rotatable bonds is 3. The van der Waals surface area contributed by atoms with Gasteiger partial charge in [0.15, 0.2) is 5.13 Å². The highest BCUT2D eigenvalue weighted by Gasteiger charge is 2.15. The normalized spacial score (nSPS) is 11.3. The van der Waals surface area contributed by atoms with Crippen LogP contribution in [0.4, 0.5) is 5.13 Å². The molecule has 0 spiro atoms. The van der Waals surface area contributed by atoms with E-state index in [2.05, 4.69) is 26.3 Å². The number of aryl methyl sites for hydroxylation is 1. The summed E-state index contributed by atoms with van der Waals surface area (Å²) < 4.78 is 1.06. The van der Waals surface area contributed by atoms with Crippen LogP contribution >= 0.6 is 22.7 Å². The standard InChI is InChI=1S/C20H14N4OS2/c1-11-6-7-14-17(8-11)27-20(23-14)24-18(25)16-10-26-19(22-16)15-9-12-4-2-3-5-13(12)21-15/h2-10,21H,1H3,(H,23,24,25). The van der Waals surface area contributed by atoms with Crippen LogP contribution in [-0.4, -0.2) is 20.9 Å². The summed E-state index contributed by atoms with van der Waals surface area (Å²) in [7, 11) is 0. The monoisotopic (exact) mass is 390 g/mol. The van der Waals surface area contributed by atoms with Gasteiger partial charge in [0, 0.05) is 16.3 Å². The van der Waals surface area contributed by atoms with Gasteiger partial charge in [-0.15, -0.1) is 11.3 Å². The van der Waals surface area contributed by atoms with Gasteiger partial charge in [0.1, 0.15) is 10.7 Å². The Bertz CT molecular complexity index is 1260. The van der Waals surface area contributed by atoms with E-state index >= 15 is 0 Å². The maximum Gasteiger partial charge on any atom is 0.276 e. The molecule has 7 heteroatoms. The van der Waals surface area contributed by atoms with Crippen LogP contribution in [0.2, 0.25) is 0 Å². The highest BCUT2D eigenvalue weighted by atomic mass is 32.1. The Balaban J connectivity index is 1.40. The Hall–Kier alpha value is -3.03. The van der Waals surface area contributed by atoms with Crippen molar-refractivity contribution in [1.29, 1.82) is 0 Å². The van der Waals surface area contributed by atoms with Crippen molar-refractivity contribution >= 4 is 54.8 Å². The summed E-state index contributed by atoms with van der Waals surface area (Å²) in [6, 6.07) is 16.2. The minimum atomic E-state index is -0.246. The quantitative estimate of drug-likeness (QED) is 0.430. The number of thiazole rings is 2. The SMILES string of the molecule is Cc1ccc2nc(NC(=O)c3csc(-c4cc5ccccc5[nH]4)n3)sc2c1. The second-order valence-electron chi connectivity index (χ2n) is 6.25. The third kappa shape index (κ3) is 3.01. The van der Waals surface area contributed by atoms with E-state index in [1.54, 1.807) is 5.38 Å². The Morgan fingerprint density at radius 3 is 2.89 bits per heavy atom. The molecule has 3 heterocycles. The summed E-state index contributed by atoms with van der Waals surface area (Å²) in [6.45, 7) is 2.04. The first-order valence-electron chi connectivity index (χ1n) is 8.38. The van der Waals surface area contributed by atoms with Crippen LogP contribution in [-0.2, 0) is 0 Å². The number of anilines is 1. The molecule has 0 aliphatic rings. The molecular formula is C20H14N4OS2. The second-order valence-corrected chi connectivity index (χ2v) is 8.14. The van der Waals surface area contributed by atoms with Crippen molar-refractivity contribution in [2.75, 3.05) is 5.32 Å². The molecule has 5 aromatic rings. The molecule has 132 valence electrons. The van der Waals surface area contributed by atoms with Crippen LogP contribution in [0.15, 0.2) is 53.9 Å². The number of amides is 1. The van der Waals surface area contributed by atoms with Crippen molar-refractivity contribution in [2.45, 2.75) is 6.92 Å². The number of aromatic amines is 1. The fourth-order valence-electron chi connectivity index (χ4n) is 2.94. The molecule has 0 fully saturated rings. The summed E-state index contributed by atoms with van der Waals surface area (Å²) in [4.78, 5) is 24.9. The topological polar surface area (TPSA) is 70.7 Å². The van der Waals surface area contributed by atoms with Crippen LogP contribution in [0.5, 0.6) is 0 Å². The Labute approximate surface area is 162 Å². The maximum absolute atomic E-state index is 12.6. The zero-order valence-corrected chi connectivity index (χ0v) is 15.9. The molecule has 0 bridgehead atoms. The number of hydrogen-bond acceptors (Lipinski definition) is 5. The van der Waals surface area contributed by atoms with Crippen LogP contribution in [0, 0.1) is 6.92 Å². The highest BCUT2D eigenvalue weighted by molar-refractivity contribution is 7.22. The Morgan fingerprint density at radius 2 is 2.00 bits per heavy atom. The van der Waals surface area contributed by atoms with E-state index in [4.69, 9.17) is 0 Å². The number of benzene rings is 2. The molecule has 3 aromatic heterocycles. The van der Waals surface area contributed by atoms with Gasteiger partial charge in [-0.25, -0.2) is 9.97 Å². The lowest BCUT2D eigenvalue weighted by Gasteiger charge is -1.96. The Kier molecular flexibility index (Phi) is 3.77. The fourth-order valence-corrected chi connectivity index (χ4v) is 4.67. The van der Waals surface area contributed by atoms with E-state index in [9.17, 15) is 4.79 Å². The molecule has 0 unspecified atom stereocenters. The maximum atomic E-state index is 12.6. The number of aromatic nitrogens is 3. The number of nitrogens with zero attached hydrogens (tertiary/aromatic N) is 2. The fraction of sp³-hybridized carbons (Fsp3) is 0.0500. The molecular weight excluding hydrogens is 376 g/mol. The minimum Gasteiger partial charge on any atom is -0.353 e. The molecule has 2 N–H and O–H groups in total. The zero-order valence-electron chi connectivity index (χ0n) is 14.3. The van der Waals surface area contributed by atoms with E-state index in [1.807, 2.05) is 49.4 Å². The molecule has 0 aliphatic carbocycles. The molecule has 2 aromatic carbocycles. The van der Waals surface area contributed by atoms with Crippen LogP contribution in [0.1, 0.15) is 16.1 Å². The molecule has 1 amide bonds. The van der Waals surface area contributed by atoms with E-state index in [0.29, 0.717) is 10.8 Å². The third-order valence-electron chi connectivity index (χ3n) is 4.26. The van der Waals surface area contributed by atoms with Crippen LogP contribution in [0.25, 0.3) is 31.8 Å². The van der Waals surface area contributed by atoms with Gasteiger partial charge in [-0.1, -0.05) is 35.6 Å². The van der Waals surface area contributed by atoms with Gasteiger partial charge in [-0.3, -0.25) is 10.1 Å². The van der Waals surface area contributed by atoms with E-state index in [0.717, 1.165) is 31.8 Å². The van der Waals surface area contributed by atoms with Crippen molar-refractivity contribution in [1.82, 2.24) is 15.0 Å². The number of carbonyl (C=O) groups excluding carboxylic acids is 1. The molecule has 27 heavy (non-hydrogen) atoms. The molecule has 0 atom stereocenters. The minimum absolute atomic E-state index is 0.246. The van der Waals surface area contributed by atoms with Gasteiger partial charge in [-0.2, -0.15) is 0 Å². The first kappa shape index (κ1) is 16.2. The van der Waals surface area contributed by atoms with Crippen molar-refractivity contribution in [2.24, 2.45) is 0 Å². The zero-order chi connectivity index (χ0) is 18.4. The first-order valence-corrected chi connectivity index (χ1v) is 10.1. The average molecular weight is 390 g/mol. The summed E-state index contributed by atoms with van der Waals surface area (Å²) >= 11 is 2.91. The summed E-state index contributed by atoms with van der Waals surface area (Å²) in [5.41, 5.74) is 4.42. The van der Waals surface area contributed by atoms with Crippen molar-refractivity contribution in [3.63, 3.8) is 0 Å². The van der Waals surface area contributed by atoms with Gasteiger partial charge in [0.05, 0.1) is 15.9 Å². The molecule has 0 aliphatic heterocycles. The average Bonchev–Trinajstić information content (AvgIpc) is 3.38. The van der Waals surface area contributed by atoms with Gasteiger partial charge < -0.3 is 4.98 Å². The smallest absolute Gasteiger partial charge is 0.276 e. The number of para-hydroxylation sites is 1. The lowest BCUT2D eigenvalue weighted by atomic mass is 10.2. The van der Waals surface area contributed by atoms with E-state index in [-0.39, 0.29) is 5.91 Å².